The highest BCUT2D eigenvalue weighted by Gasteiger charge is 2.23. The van der Waals surface area contributed by atoms with E-state index in [4.69, 9.17) is 0 Å². The Kier molecular flexibility index (Phi) is 11.1. The highest BCUT2D eigenvalue weighted by atomic mass is 35.5. The van der Waals surface area contributed by atoms with Gasteiger partial charge in [0.1, 0.15) is 11.6 Å². The molecule has 0 spiro atoms. The molecule has 1 heterocycles. The number of benzene rings is 1. The van der Waals surface area contributed by atoms with Gasteiger partial charge in [-0.2, -0.15) is 0 Å². The Morgan fingerprint density at radius 2 is 1.96 bits per heavy atom. The van der Waals surface area contributed by atoms with Crippen molar-refractivity contribution in [3.05, 3.63) is 35.4 Å². The molecular weight excluding hydrogens is 359 g/mol. The molecule has 1 fully saturated rings. The Bertz CT molecular complexity index is 500. The van der Waals surface area contributed by atoms with E-state index in [2.05, 4.69) is 10.6 Å². The third-order valence-corrected chi connectivity index (χ3v) is 3.92. The van der Waals surface area contributed by atoms with Crippen LogP contribution in [0.2, 0.25) is 0 Å². The van der Waals surface area contributed by atoms with Crippen LogP contribution in [0, 0.1) is 11.6 Å². The van der Waals surface area contributed by atoms with Crippen LogP contribution in [0.3, 0.4) is 0 Å². The summed E-state index contributed by atoms with van der Waals surface area (Å²) in [7, 11) is 1.80. The van der Waals surface area contributed by atoms with Crippen LogP contribution in [-0.4, -0.2) is 43.5 Å². The van der Waals surface area contributed by atoms with Crippen molar-refractivity contribution in [2.24, 2.45) is 0 Å². The first-order valence-electron chi connectivity index (χ1n) is 7.69. The molecule has 2 N–H and O–H groups in total. The molecule has 4 nitrogen and oxygen atoms in total. The molecule has 1 atom stereocenters. The van der Waals surface area contributed by atoms with Crippen molar-refractivity contribution in [2.75, 3.05) is 26.7 Å². The zero-order valence-electron chi connectivity index (χ0n) is 13.7. The molecule has 0 aromatic heterocycles. The molecule has 0 radical (unpaired) electrons. The summed E-state index contributed by atoms with van der Waals surface area (Å²) >= 11 is 0. The second-order valence-corrected chi connectivity index (χ2v) is 5.70. The monoisotopic (exact) mass is 383 g/mol. The van der Waals surface area contributed by atoms with Gasteiger partial charge in [-0.15, -0.1) is 24.8 Å². The van der Waals surface area contributed by atoms with Gasteiger partial charge in [-0.3, -0.25) is 9.69 Å². The lowest BCUT2D eigenvalue weighted by atomic mass is 10.0. The largest absolute Gasteiger partial charge is 0.352 e. The Morgan fingerprint density at radius 1 is 1.29 bits per heavy atom. The molecule has 1 saturated heterocycles. The summed E-state index contributed by atoms with van der Waals surface area (Å²) < 4.78 is 27.4. The maximum Gasteiger partial charge on any atom is 0.221 e. The predicted octanol–water partition coefficient (Wildman–Crippen LogP) is 2.50. The predicted molar refractivity (Wildman–Crippen MR) is 95.8 cm³/mol. The fourth-order valence-electron chi connectivity index (χ4n) is 2.76. The zero-order chi connectivity index (χ0) is 15.9. The number of nitrogens with one attached hydrogen (secondary N) is 2. The second-order valence-electron chi connectivity index (χ2n) is 5.70. The third-order valence-electron chi connectivity index (χ3n) is 3.92. The molecule has 0 bridgehead atoms. The molecule has 24 heavy (non-hydrogen) atoms. The molecule has 1 aliphatic heterocycles. The van der Waals surface area contributed by atoms with Gasteiger partial charge in [-0.05, 0) is 38.6 Å². The number of halogens is 4. The second kappa shape index (κ2) is 11.6. The quantitative estimate of drug-likeness (QED) is 0.792. The molecule has 0 aliphatic carbocycles. The van der Waals surface area contributed by atoms with E-state index < -0.39 is 11.6 Å². The van der Waals surface area contributed by atoms with Crippen LogP contribution in [0.5, 0.6) is 0 Å². The van der Waals surface area contributed by atoms with Crippen molar-refractivity contribution in [3.8, 4) is 0 Å². The van der Waals surface area contributed by atoms with E-state index in [9.17, 15) is 13.6 Å². The van der Waals surface area contributed by atoms with Crippen LogP contribution in [-0.2, 0) is 11.3 Å². The minimum absolute atomic E-state index is 0. The van der Waals surface area contributed by atoms with E-state index in [-0.39, 0.29) is 48.9 Å². The first kappa shape index (κ1) is 23.1. The summed E-state index contributed by atoms with van der Waals surface area (Å²) in [6.45, 7) is 2.29. The van der Waals surface area contributed by atoms with Gasteiger partial charge in [0.25, 0.3) is 0 Å². The van der Waals surface area contributed by atoms with Gasteiger partial charge in [-0.25, -0.2) is 8.78 Å². The summed E-state index contributed by atoms with van der Waals surface area (Å²) in [5.74, 6) is -1.02. The summed E-state index contributed by atoms with van der Waals surface area (Å²) in [6.07, 6.45) is 2.25. The summed E-state index contributed by atoms with van der Waals surface area (Å²) in [5, 5.41) is 5.93. The van der Waals surface area contributed by atoms with Crippen molar-refractivity contribution in [1.82, 2.24) is 15.5 Å². The summed E-state index contributed by atoms with van der Waals surface area (Å²) in [4.78, 5) is 13.7. The maximum absolute atomic E-state index is 13.7. The van der Waals surface area contributed by atoms with Gasteiger partial charge in [0, 0.05) is 37.7 Å². The Balaban J connectivity index is 0.00000264. The summed E-state index contributed by atoms with van der Waals surface area (Å²) in [5.41, 5.74) is 0.102. The average molecular weight is 384 g/mol. The normalized spacial score (nSPS) is 17.5. The van der Waals surface area contributed by atoms with Gasteiger partial charge >= 0.3 is 0 Å². The number of carbonyl (C=O) groups excluding carboxylic acids is 1. The molecule has 1 aliphatic rings. The Morgan fingerprint density at radius 3 is 2.58 bits per heavy atom. The van der Waals surface area contributed by atoms with Crippen LogP contribution in [0.25, 0.3) is 0 Å². The Hall–Kier alpha value is -0.950. The highest BCUT2D eigenvalue weighted by Crippen LogP contribution is 2.18. The van der Waals surface area contributed by atoms with Gasteiger partial charge < -0.3 is 10.6 Å². The number of piperidine rings is 1. The fourth-order valence-corrected chi connectivity index (χ4v) is 2.76. The highest BCUT2D eigenvalue weighted by molar-refractivity contribution is 5.85. The molecule has 1 amide bonds. The molecule has 1 aromatic carbocycles. The lowest BCUT2D eigenvalue weighted by molar-refractivity contribution is -0.122. The molecule has 1 unspecified atom stereocenters. The van der Waals surface area contributed by atoms with Gasteiger partial charge in [0.15, 0.2) is 0 Å². The number of carbonyl (C=O) groups is 1. The molecule has 138 valence electrons. The van der Waals surface area contributed by atoms with E-state index >= 15 is 0 Å². The van der Waals surface area contributed by atoms with Crippen LogP contribution >= 0.6 is 24.8 Å². The van der Waals surface area contributed by atoms with Crippen LogP contribution in [0.1, 0.15) is 24.8 Å². The van der Waals surface area contributed by atoms with E-state index in [0.29, 0.717) is 19.5 Å². The SMILES string of the molecule is CNCCC(=O)NC1CCCN(Cc2c(F)cccc2F)C1.Cl.Cl. The number of rotatable bonds is 6. The standard InChI is InChI=1S/C16H23F2N3O.2ClH/c1-19-8-7-16(22)20-12-4-3-9-21(10-12)11-13-14(17)5-2-6-15(13)18;;/h2,5-6,12,19H,3-4,7-11H2,1H3,(H,20,22);2*1H. The molecule has 2 rings (SSSR count). The molecule has 1 aromatic rings. The number of hydrogen-bond acceptors (Lipinski definition) is 3. The molecular formula is C16H25Cl2F2N3O. The van der Waals surface area contributed by atoms with Gasteiger partial charge in [-0.1, -0.05) is 6.07 Å². The summed E-state index contributed by atoms with van der Waals surface area (Å²) in [6, 6.07) is 3.97. The molecule has 8 heteroatoms. The van der Waals surface area contributed by atoms with Crippen molar-refractivity contribution >= 4 is 30.7 Å². The van der Waals surface area contributed by atoms with Crippen LogP contribution < -0.4 is 10.6 Å². The van der Waals surface area contributed by atoms with Gasteiger partial charge in [0.05, 0.1) is 0 Å². The number of nitrogens with zero attached hydrogens (tertiary/aromatic N) is 1. The third kappa shape index (κ3) is 6.89. The smallest absolute Gasteiger partial charge is 0.221 e. The van der Waals surface area contributed by atoms with Crippen LogP contribution in [0.4, 0.5) is 8.78 Å². The lowest BCUT2D eigenvalue weighted by Gasteiger charge is -2.33. The lowest BCUT2D eigenvalue weighted by Crippen LogP contribution is -2.47. The average Bonchev–Trinajstić information content (AvgIpc) is 2.49. The minimum Gasteiger partial charge on any atom is -0.352 e. The maximum atomic E-state index is 13.7. The first-order valence-corrected chi connectivity index (χ1v) is 7.69. The number of likely N-dealkylation sites (tertiary alicyclic amines) is 1. The van der Waals surface area contributed by atoms with Crippen LogP contribution in [0.15, 0.2) is 18.2 Å². The van der Waals surface area contributed by atoms with Crippen molar-refractivity contribution in [3.63, 3.8) is 0 Å². The number of hydrogen-bond donors (Lipinski definition) is 2. The van der Waals surface area contributed by atoms with Crippen molar-refractivity contribution < 1.29 is 13.6 Å². The van der Waals surface area contributed by atoms with E-state index in [1.807, 2.05) is 4.90 Å². The van der Waals surface area contributed by atoms with Crippen molar-refractivity contribution in [2.45, 2.75) is 31.8 Å². The molecule has 0 saturated carbocycles. The number of amides is 1. The topological polar surface area (TPSA) is 44.4 Å². The fraction of sp³-hybridized carbons (Fsp3) is 0.562. The zero-order valence-corrected chi connectivity index (χ0v) is 15.3. The Labute approximate surface area is 154 Å². The minimum atomic E-state index is -0.514. The van der Waals surface area contributed by atoms with E-state index in [0.717, 1.165) is 19.4 Å². The van der Waals surface area contributed by atoms with Gasteiger partial charge in [0.2, 0.25) is 5.91 Å². The van der Waals surface area contributed by atoms with E-state index in [1.54, 1.807) is 7.05 Å². The van der Waals surface area contributed by atoms with Crippen molar-refractivity contribution in [1.29, 1.82) is 0 Å². The van der Waals surface area contributed by atoms with E-state index in [1.165, 1.54) is 18.2 Å². The first-order chi connectivity index (χ1) is 10.6.